The van der Waals surface area contributed by atoms with Gasteiger partial charge >= 0.3 is 0 Å². The van der Waals surface area contributed by atoms with Gasteiger partial charge in [0, 0.05) is 6.61 Å². The lowest BCUT2D eigenvalue weighted by molar-refractivity contribution is -0.00184. The van der Waals surface area contributed by atoms with E-state index < -0.39 is 0 Å². The average molecular weight is 225 g/mol. The van der Waals surface area contributed by atoms with Gasteiger partial charge in [0.15, 0.2) is 0 Å². The number of hydrogen-bond donors (Lipinski definition) is 1. The standard InChI is InChI=1S/C13H23NO2/c1-2-14-13(11-6-5-8-15-10-11)12-7-3-4-9-16-12/h10,12-14H,2-9H2,1H3. The molecule has 2 unspecified atom stereocenters. The Morgan fingerprint density at radius 1 is 1.38 bits per heavy atom. The van der Waals surface area contributed by atoms with E-state index in [1.165, 1.54) is 24.8 Å². The van der Waals surface area contributed by atoms with Crippen molar-refractivity contribution < 1.29 is 9.47 Å². The summed E-state index contributed by atoms with van der Waals surface area (Å²) in [6.07, 6.45) is 8.27. The van der Waals surface area contributed by atoms with Gasteiger partial charge in [0.25, 0.3) is 0 Å². The van der Waals surface area contributed by atoms with Crippen LogP contribution < -0.4 is 5.32 Å². The SMILES string of the molecule is CCNC(C1=COCCC1)C1CCCCO1. The van der Waals surface area contributed by atoms with Crippen molar-refractivity contribution in [2.75, 3.05) is 19.8 Å². The number of likely N-dealkylation sites (N-methyl/N-ethyl adjacent to an activating group) is 1. The fourth-order valence-corrected chi connectivity index (χ4v) is 2.56. The van der Waals surface area contributed by atoms with Crippen molar-refractivity contribution in [1.29, 1.82) is 0 Å². The van der Waals surface area contributed by atoms with Crippen LogP contribution in [0.4, 0.5) is 0 Å². The van der Waals surface area contributed by atoms with Gasteiger partial charge in [0.1, 0.15) is 0 Å². The van der Waals surface area contributed by atoms with E-state index in [0.29, 0.717) is 12.1 Å². The molecule has 2 aliphatic heterocycles. The van der Waals surface area contributed by atoms with Crippen molar-refractivity contribution >= 4 is 0 Å². The number of rotatable bonds is 4. The minimum atomic E-state index is 0.349. The summed E-state index contributed by atoms with van der Waals surface area (Å²) in [4.78, 5) is 0. The zero-order valence-electron chi connectivity index (χ0n) is 10.2. The average Bonchev–Trinajstić information content (AvgIpc) is 2.38. The van der Waals surface area contributed by atoms with Gasteiger partial charge in [-0.1, -0.05) is 6.92 Å². The Hall–Kier alpha value is -0.540. The highest BCUT2D eigenvalue weighted by Gasteiger charge is 2.27. The van der Waals surface area contributed by atoms with Crippen LogP contribution in [0, 0.1) is 0 Å². The van der Waals surface area contributed by atoms with Crippen LogP contribution in [0.25, 0.3) is 0 Å². The first kappa shape index (κ1) is 11.9. The summed E-state index contributed by atoms with van der Waals surface area (Å²) in [6.45, 7) is 4.93. The van der Waals surface area contributed by atoms with Crippen molar-refractivity contribution in [3.8, 4) is 0 Å². The lowest BCUT2D eigenvalue weighted by Gasteiger charge is -2.33. The van der Waals surface area contributed by atoms with E-state index >= 15 is 0 Å². The second-order valence-electron chi connectivity index (χ2n) is 4.61. The Bertz CT molecular complexity index is 234. The molecule has 0 bridgehead atoms. The summed E-state index contributed by atoms with van der Waals surface area (Å²) in [5.74, 6) is 0. The van der Waals surface area contributed by atoms with Gasteiger partial charge in [-0.2, -0.15) is 0 Å². The van der Waals surface area contributed by atoms with Gasteiger partial charge in [0.05, 0.1) is 25.0 Å². The molecule has 2 heterocycles. The molecule has 1 N–H and O–H groups in total. The van der Waals surface area contributed by atoms with E-state index in [9.17, 15) is 0 Å². The second-order valence-corrected chi connectivity index (χ2v) is 4.61. The Kier molecular flexibility index (Phi) is 4.67. The highest BCUT2D eigenvalue weighted by Crippen LogP contribution is 2.24. The number of ether oxygens (including phenoxy) is 2. The van der Waals surface area contributed by atoms with Crippen LogP contribution in [0.15, 0.2) is 11.8 Å². The van der Waals surface area contributed by atoms with E-state index in [4.69, 9.17) is 9.47 Å². The first-order valence-corrected chi connectivity index (χ1v) is 6.57. The zero-order valence-corrected chi connectivity index (χ0v) is 10.2. The zero-order chi connectivity index (χ0) is 11.2. The minimum absolute atomic E-state index is 0.349. The third-order valence-electron chi connectivity index (χ3n) is 3.37. The molecule has 0 amide bonds. The van der Waals surface area contributed by atoms with Crippen LogP contribution in [0.2, 0.25) is 0 Å². The van der Waals surface area contributed by atoms with Crippen LogP contribution in [-0.4, -0.2) is 31.9 Å². The molecule has 0 aromatic rings. The van der Waals surface area contributed by atoms with Crippen LogP contribution in [0.3, 0.4) is 0 Å². The first-order chi connectivity index (χ1) is 7.92. The van der Waals surface area contributed by atoms with Gasteiger partial charge in [-0.3, -0.25) is 0 Å². The molecule has 3 nitrogen and oxygen atoms in total. The van der Waals surface area contributed by atoms with Crippen molar-refractivity contribution in [3.05, 3.63) is 11.8 Å². The molecule has 0 aromatic carbocycles. The maximum Gasteiger partial charge on any atom is 0.0876 e. The molecule has 0 saturated carbocycles. The van der Waals surface area contributed by atoms with Gasteiger partial charge < -0.3 is 14.8 Å². The van der Waals surface area contributed by atoms with E-state index in [-0.39, 0.29) is 0 Å². The molecule has 1 fully saturated rings. The highest BCUT2D eigenvalue weighted by atomic mass is 16.5. The Balaban J connectivity index is 1.99. The monoisotopic (exact) mass is 225 g/mol. The Labute approximate surface area is 98.2 Å². The number of nitrogens with one attached hydrogen (secondary N) is 1. The normalized spacial score (nSPS) is 28.1. The molecule has 92 valence electrons. The lowest BCUT2D eigenvalue weighted by atomic mass is 9.93. The summed E-state index contributed by atoms with van der Waals surface area (Å²) < 4.78 is 11.3. The number of hydrogen-bond acceptors (Lipinski definition) is 3. The summed E-state index contributed by atoms with van der Waals surface area (Å²) in [7, 11) is 0. The third kappa shape index (κ3) is 2.98. The van der Waals surface area contributed by atoms with E-state index in [1.807, 2.05) is 6.26 Å². The fraction of sp³-hybridized carbons (Fsp3) is 0.846. The fourth-order valence-electron chi connectivity index (χ4n) is 2.56. The Morgan fingerprint density at radius 3 is 2.94 bits per heavy atom. The van der Waals surface area contributed by atoms with E-state index in [2.05, 4.69) is 12.2 Å². The van der Waals surface area contributed by atoms with Gasteiger partial charge in [0.2, 0.25) is 0 Å². The van der Waals surface area contributed by atoms with Crippen molar-refractivity contribution in [1.82, 2.24) is 5.32 Å². The maximum absolute atomic E-state index is 5.89. The first-order valence-electron chi connectivity index (χ1n) is 6.57. The van der Waals surface area contributed by atoms with Crippen molar-refractivity contribution in [3.63, 3.8) is 0 Å². The smallest absolute Gasteiger partial charge is 0.0876 e. The molecule has 0 spiro atoms. The molecule has 0 aromatic heterocycles. The van der Waals surface area contributed by atoms with E-state index in [1.54, 1.807) is 0 Å². The maximum atomic E-state index is 5.89. The molecule has 2 atom stereocenters. The molecular formula is C13H23NO2. The lowest BCUT2D eigenvalue weighted by Crippen LogP contribution is -2.44. The molecule has 16 heavy (non-hydrogen) atoms. The molecular weight excluding hydrogens is 202 g/mol. The van der Waals surface area contributed by atoms with E-state index in [0.717, 1.165) is 32.6 Å². The quantitative estimate of drug-likeness (QED) is 0.796. The van der Waals surface area contributed by atoms with Gasteiger partial charge in [-0.05, 0) is 44.2 Å². The summed E-state index contributed by atoms with van der Waals surface area (Å²) >= 11 is 0. The predicted octanol–water partition coefficient (Wildman–Crippen LogP) is 2.23. The molecule has 0 radical (unpaired) electrons. The second kappa shape index (κ2) is 6.26. The van der Waals surface area contributed by atoms with Crippen molar-refractivity contribution in [2.45, 2.75) is 51.2 Å². The summed E-state index contributed by atoms with van der Waals surface area (Å²) in [6, 6.07) is 0.366. The summed E-state index contributed by atoms with van der Waals surface area (Å²) in [5.41, 5.74) is 1.39. The van der Waals surface area contributed by atoms with Crippen LogP contribution >= 0.6 is 0 Å². The topological polar surface area (TPSA) is 30.5 Å². The largest absolute Gasteiger partial charge is 0.501 e. The molecule has 3 heteroatoms. The highest BCUT2D eigenvalue weighted by molar-refractivity contribution is 5.13. The third-order valence-corrected chi connectivity index (χ3v) is 3.37. The molecule has 2 aliphatic rings. The molecule has 0 aliphatic carbocycles. The molecule has 2 rings (SSSR count). The van der Waals surface area contributed by atoms with Crippen molar-refractivity contribution in [2.24, 2.45) is 0 Å². The predicted molar refractivity (Wildman–Crippen MR) is 64.3 cm³/mol. The molecule has 1 saturated heterocycles. The minimum Gasteiger partial charge on any atom is -0.501 e. The van der Waals surface area contributed by atoms with Crippen LogP contribution in [0.5, 0.6) is 0 Å². The van der Waals surface area contributed by atoms with Gasteiger partial charge in [-0.15, -0.1) is 0 Å². The summed E-state index contributed by atoms with van der Waals surface area (Å²) in [5, 5.41) is 3.55. The Morgan fingerprint density at radius 2 is 2.31 bits per heavy atom. The van der Waals surface area contributed by atoms with Gasteiger partial charge in [-0.25, -0.2) is 0 Å². The van der Waals surface area contributed by atoms with Crippen LogP contribution in [-0.2, 0) is 9.47 Å². The van der Waals surface area contributed by atoms with Crippen LogP contribution in [0.1, 0.15) is 39.0 Å².